The topological polar surface area (TPSA) is 83.5 Å². The van der Waals surface area contributed by atoms with Crippen LogP contribution in [-0.4, -0.2) is 31.3 Å². The molecule has 0 aromatic heterocycles. The van der Waals surface area contributed by atoms with Crippen molar-refractivity contribution in [2.24, 2.45) is 5.92 Å². The molecule has 0 radical (unpaired) electrons. The lowest BCUT2D eigenvalue weighted by Crippen LogP contribution is -2.44. The molecule has 1 aliphatic carbocycles. The summed E-state index contributed by atoms with van der Waals surface area (Å²) in [6, 6.07) is -1.42. The van der Waals surface area contributed by atoms with Gasteiger partial charge in [0.2, 0.25) is 0 Å². The summed E-state index contributed by atoms with van der Waals surface area (Å²) >= 11 is 0. The summed E-state index contributed by atoms with van der Waals surface area (Å²) in [5.41, 5.74) is 0. The summed E-state index contributed by atoms with van der Waals surface area (Å²) in [6.45, 7) is 0. The lowest BCUT2D eigenvalue weighted by atomic mass is 10.2. The fourth-order valence-corrected chi connectivity index (χ4v) is 1.76. The number of hydrogen-bond acceptors (Lipinski definition) is 3. The monoisotopic (exact) mass is 229 g/mol. The number of halogens is 2. The Morgan fingerprint density at radius 1 is 1.43 bits per heavy atom. The highest BCUT2D eigenvalue weighted by atomic mass is 32.2. The quantitative estimate of drug-likeness (QED) is 0.694. The van der Waals surface area contributed by atoms with Crippen LogP contribution < -0.4 is 4.72 Å². The first-order valence-electron chi connectivity index (χ1n) is 3.86. The van der Waals surface area contributed by atoms with E-state index in [1.807, 2.05) is 0 Å². The molecule has 0 aromatic carbocycles. The van der Waals surface area contributed by atoms with Crippen molar-refractivity contribution < 1.29 is 27.1 Å². The molecule has 5 nitrogen and oxygen atoms in total. The van der Waals surface area contributed by atoms with Crippen LogP contribution in [0.4, 0.5) is 8.78 Å². The molecule has 8 heteroatoms. The zero-order chi connectivity index (χ0) is 10.9. The van der Waals surface area contributed by atoms with Crippen LogP contribution in [0.2, 0.25) is 0 Å². The zero-order valence-corrected chi connectivity index (χ0v) is 7.80. The average molecular weight is 229 g/mol. The maximum absolute atomic E-state index is 11.9. The molecule has 14 heavy (non-hydrogen) atoms. The van der Waals surface area contributed by atoms with E-state index >= 15 is 0 Å². The largest absolute Gasteiger partial charge is 0.480 e. The molecule has 0 amide bonds. The third-order valence-electron chi connectivity index (χ3n) is 1.89. The first kappa shape index (κ1) is 11.3. The Kier molecular flexibility index (Phi) is 3.05. The number of hydrogen-bond donors (Lipinski definition) is 2. The number of carboxylic acid groups (broad SMARTS) is 1. The normalized spacial score (nSPS) is 19.6. The van der Waals surface area contributed by atoms with Gasteiger partial charge in [0, 0.05) is 0 Å². The highest BCUT2D eigenvalue weighted by Gasteiger charge is 2.40. The van der Waals surface area contributed by atoms with Crippen LogP contribution in [0.1, 0.15) is 12.8 Å². The molecule has 0 heterocycles. The van der Waals surface area contributed by atoms with E-state index in [2.05, 4.69) is 0 Å². The number of aliphatic carboxylic acids is 1. The van der Waals surface area contributed by atoms with Crippen molar-refractivity contribution >= 4 is 16.0 Å². The van der Waals surface area contributed by atoms with E-state index in [0.29, 0.717) is 12.8 Å². The Hall–Kier alpha value is -0.760. The van der Waals surface area contributed by atoms with Crippen LogP contribution in [0.3, 0.4) is 0 Å². The molecule has 0 saturated heterocycles. The van der Waals surface area contributed by atoms with E-state index in [9.17, 15) is 22.0 Å². The van der Waals surface area contributed by atoms with Gasteiger partial charge in [-0.2, -0.15) is 13.5 Å². The van der Waals surface area contributed by atoms with Crippen LogP contribution in [0.5, 0.6) is 0 Å². The van der Waals surface area contributed by atoms with Crippen LogP contribution in [0.15, 0.2) is 0 Å². The number of rotatable bonds is 5. The third-order valence-corrected chi connectivity index (χ3v) is 2.94. The molecule has 1 atom stereocenters. The smallest absolute Gasteiger partial charge is 0.350 e. The fourth-order valence-electron chi connectivity index (χ4n) is 1.01. The van der Waals surface area contributed by atoms with E-state index < -0.39 is 27.8 Å². The van der Waals surface area contributed by atoms with Gasteiger partial charge in [0.25, 0.3) is 10.0 Å². The summed E-state index contributed by atoms with van der Waals surface area (Å²) in [5.74, 6) is -5.37. The molecule has 0 bridgehead atoms. The Bertz CT molecular complexity index is 325. The van der Waals surface area contributed by atoms with Crippen molar-refractivity contribution in [1.29, 1.82) is 0 Å². The Morgan fingerprint density at radius 3 is 2.21 bits per heavy atom. The molecular formula is C6H9F2NO4S. The van der Waals surface area contributed by atoms with Crippen LogP contribution in [0.25, 0.3) is 0 Å². The van der Waals surface area contributed by atoms with Gasteiger partial charge in [0.1, 0.15) is 6.04 Å². The van der Waals surface area contributed by atoms with Crippen molar-refractivity contribution in [2.45, 2.75) is 24.6 Å². The van der Waals surface area contributed by atoms with Crippen molar-refractivity contribution in [3.05, 3.63) is 0 Å². The Labute approximate surface area is 79.2 Å². The number of carboxylic acids is 1. The second-order valence-corrected chi connectivity index (χ2v) is 4.76. The molecule has 0 aliphatic heterocycles. The predicted octanol–water partition coefficient (Wildman–Crippen LogP) is -0.00840. The van der Waals surface area contributed by atoms with E-state index in [1.54, 1.807) is 0 Å². The number of alkyl halides is 2. The van der Waals surface area contributed by atoms with E-state index in [0.717, 1.165) is 0 Å². The Balaban J connectivity index is 2.69. The van der Waals surface area contributed by atoms with Crippen molar-refractivity contribution in [1.82, 2.24) is 4.72 Å². The standard InChI is InChI=1S/C6H9F2NO4S/c7-6(8)14(12,13)9-4(5(10)11)3-1-2-3/h3-4,6,9H,1-2H2,(H,10,11). The van der Waals surface area contributed by atoms with Crippen LogP contribution in [0, 0.1) is 5.92 Å². The second kappa shape index (κ2) is 3.77. The molecule has 1 fully saturated rings. The Morgan fingerprint density at radius 2 is 1.93 bits per heavy atom. The van der Waals surface area contributed by atoms with E-state index in [4.69, 9.17) is 5.11 Å². The number of nitrogens with one attached hydrogen (secondary N) is 1. The highest BCUT2D eigenvalue weighted by molar-refractivity contribution is 7.89. The summed E-state index contributed by atoms with van der Waals surface area (Å²) in [4.78, 5) is 10.5. The molecule has 0 spiro atoms. The molecule has 82 valence electrons. The SMILES string of the molecule is O=C(O)C(NS(=O)(=O)C(F)F)C1CC1. The lowest BCUT2D eigenvalue weighted by Gasteiger charge is -2.12. The molecule has 1 unspecified atom stereocenters. The van der Waals surface area contributed by atoms with Gasteiger partial charge < -0.3 is 5.11 Å². The molecular weight excluding hydrogens is 220 g/mol. The number of sulfonamides is 1. The molecule has 1 rings (SSSR count). The molecule has 0 aromatic rings. The van der Waals surface area contributed by atoms with E-state index in [-0.39, 0.29) is 5.92 Å². The second-order valence-electron chi connectivity index (χ2n) is 3.08. The van der Waals surface area contributed by atoms with Gasteiger partial charge in [-0.3, -0.25) is 4.79 Å². The third kappa shape index (κ3) is 2.61. The first-order chi connectivity index (χ1) is 6.34. The first-order valence-corrected chi connectivity index (χ1v) is 5.41. The minimum absolute atomic E-state index is 0.360. The fraction of sp³-hybridized carbons (Fsp3) is 0.833. The van der Waals surface area contributed by atoms with Gasteiger partial charge in [-0.15, -0.1) is 0 Å². The van der Waals surface area contributed by atoms with Gasteiger partial charge >= 0.3 is 11.7 Å². The zero-order valence-electron chi connectivity index (χ0n) is 6.98. The van der Waals surface area contributed by atoms with Crippen LogP contribution in [-0.2, 0) is 14.8 Å². The minimum Gasteiger partial charge on any atom is -0.480 e. The molecule has 1 saturated carbocycles. The number of carbonyl (C=O) groups is 1. The summed E-state index contributed by atoms with van der Waals surface area (Å²) in [5, 5.41) is 8.56. The average Bonchev–Trinajstić information content (AvgIpc) is 2.81. The summed E-state index contributed by atoms with van der Waals surface area (Å²) < 4.78 is 46.5. The maximum atomic E-state index is 11.9. The lowest BCUT2D eigenvalue weighted by molar-refractivity contribution is -0.139. The minimum atomic E-state index is -4.81. The van der Waals surface area contributed by atoms with Crippen molar-refractivity contribution in [2.75, 3.05) is 0 Å². The van der Waals surface area contributed by atoms with E-state index in [1.165, 1.54) is 4.72 Å². The van der Waals surface area contributed by atoms with Gasteiger partial charge in [-0.25, -0.2) is 8.42 Å². The predicted molar refractivity (Wildman–Crippen MR) is 42.2 cm³/mol. The van der Waals surface area contributed by atoms with Gasteiger partial charge in [0.05, 0.1) is 0 Å². The van der Waals surface area contributed by atoms with Crippen molar-refractivity contribution in [3.8, 4) is 0 Å². The molecule has 2 N–H and O–H groups in total. The highest BCUT2D eigenvalue weighted by Crippen LogP contribution is 2.33. The summed E-state index contributed by atoms with van der Waals surface area (Å²) in [7, 11) is -4.81. The van der Waals surface area contributed by atoms with Gasteiger partial charge in [-0.1, -0.05) is 0 Å². The van der Waals surface area contributed by atoms with Gasteiger partial charge in [0.15, 0.2) is 0 Å². The van der Waals surface area contributed by atoms with Crippen LogP contribution >= 0.6 is 0 Å². The van der Waals surface area contributed by atoms with Gasteiger partial charge in [-0.05, 0) is 18.8 Å². The maximum Gasteiger partial charge on any atom is 0.350 e. The van der Waals surface area contributed by atoms with Crippen molar-refractivity contribution in [3.63, 3.8) is 0 Å². The molecule has 1 aliphatic rings. The summed E-state index contributed by atoms with van der Waals surface area (Å²) in [6.07, 6.45) is 1.09.